The first-order valence-electron chi connectivity index (χ1n) is 8.37. The number of carbonyl (C=O) groups is 2. The van der Waals surface area contributed by atoms with E-state index in [0.717, 1.165) is 12.1 Å². The third-order valence-corrected chi connectivity index (χ3v) is 6.13. The molecule has 0 radical (unpaired) electrons. The lowest BCUT2D eigenvalue weighted by molar-refractivity contribution is -0.123. The van der Waals surface area contributed by atoms with Crippen LogP contribution in [-0.2, 0) is 4.79 Å². The Morgan fingerprint density at radius 2 is 2.16 bits per heavy atom. The van der Waals surface area contributed by atoms with Crippen LogP contribution in [0.25, 0.3) is 0 Å². The molecule has 0 aliphatic carbocycles. The zero-order valence-electron chi connectivity index (χ0n) is 14.4. The van der Waals surface area contributed by atoms with Gasteiger partial charge in [0.1, 0.15) is 5.76 Å². The van der Waals surface area contributed by atoms with Crippen molar-refractivity contribution in [2.45, 2.75) is 18.9 Å². The Balaban J connectivity index is 1.56. The fraction of sp³-hybridized carbons (Fsp3) is 0.444. The van der Waals surface area contributed by atoms with Crippen molar-refractivity contribution in [3.05, 3.63) is 40.5 Å². The molecule has 25 heavy (non-hydrogen) atoms. The summed E-state index contributed by atoms with van der Waals surface area (Å²) >= 11 is 1.59. The molecule has 0 aromatic carbocycles. The second-order valence-electron chi connectivity index (χ2n) is 6.91. The van der Waals surface area contributed by atoms with E-state index in [0.29, 0.717) is 37.5 Å². The van der Waals surface area contributed by atoms with E-state index in [1.165, 1.54) is 0 Å². The standard InChI is InChI=1S/C18H21N3O3S/c1-13-15(3-7-24-13)17(23)20-6-5-18(11-20)12-21(14-4-8-25-10-14)16(22)9-19(18)2/h3-4,7-8,10H,5-6,9,11-12H2,1-2H3/t18-/m1/s1. The predicted octanol–water partition coefficient (Wildman–Crippen LogP) is 2.21. The van der Waals surface area contributed by atoms with E-state index in [2.05, 4.69) is 4.90 Å². The molecule has 2 aliphatic rings. The molecule has 132 valence electrons. The highest BCUT2D eigenvalue weighted by Crippen LogP contribution is 2.34. The summed E-state index contributed by atoms with van der Waals surface area (Å²) in [7, 11) is 1.99. The topological polar surface area (TPSA) is 57.0 Å². The van der Waals surface area contributed by atoms with E-state index in [-0.39, 0.29) is 17.4 Å². The molecule has 2 aromatic heterocycles. The van der Waals surface area contributed by atoms with Gasteiger partial charge in [-0.3, -0.25) is 14.5 Å². The number of hydrogen-bond acceptors (Lipinski definition) is 5. The van der Waals surface area contributed by atoms with Gasteiger partial charge in [0.2, 0.25) is 5.91 Å². The lowest BCUT2D eigenvalue weighted by atomic mass is 9.93. The van der Waals surface area contributed by atoms with Crippen molar-refractivity contribution in [2.75, 3.05) is 38.1 Å². The van der Waals surface area contributed by atoms with Crippen LogP contribution in [-0.4, -0.2) is 60.4 Å². The van der Waals surface area contributed by atoms with Crippen LogP contribution in [0.5, 0.6) is 0 Å². The first-order valence-corrected chi connectivity index (χ1v) is 9.32. The Bertz CT molecular complexity index is 800. The average Bonchev–Trinajstić information content (AvgIpc) is 3.32. The molecule has 2 fully saturated rings. The normalized spacial score (nSPS) is 24.5. The van der Waals surface area contributed by atoms with Crippen molar-refractivity contribution < 1.29 is 14.0 Å². The monoisotopic (exact) mass is 359 g/mol. The molecule has 6 nitrogen and oxygen atoms in total. The Labute approximate surface area is 150 Å². The molecule has 0 N–H and O–H groups in total. The molecular weight excluding hydrogens is 338 g/mol. The maximum atomic E-state index is 12.8. The number of likely N-dealkylation sites (tertiary alicyclic amines) is 1. The zero-order valence-corrected chi connectivity index (χ0v) is 15.2. The highest BCUT2D eigenvalue weighted by molar-refractivity contribution is 7.08. The van der Waals surface area contributed by atoms with Crippen LogP contribution in [0.2, 0.25) is 0 Å². The third kappa shape index (κ3) is 2.67. The maximum absolute atomic E-state index is 12.8. The SMILES string of the molecule is Cc1occc1C(=O)N1CC[C@@]2(C1)CN(c1ccsc1)C(=O)CN2C. The molecule has 1 atom stereocenters. The summed E-state index contributed by atoms with van der Waals surface area (Å²) in [4.78, 5) is 31.2. The van der Waals surface area contributed by atoms with Gasteiger partial charge < -0.3 is 14.2 Å². The van der Waals surface area contributed by atoms with E-state index in [1.54, 1.807) is 23.7 Å². The number of carbonyl (C=O) groups excluding carboxylic acids is 2. The first kappa shape index (κ1) is 16.4. The quantitative estimate of drug-likeness (QED) is 0.825. The van der Waals surface area contributed by atoms with E-state index in [9.17, 15) is 9.59 Å². The minimum atomic E-state index is -0.191. The van der Waals surface area contributed by atoms with E-state index in [4.69, 9.17) is 4.42 Å². The molecule has 2 amide bonds. The Morgan fingerprint density at radius 1 is 1.32 bits per heavy atom. The number of furan rings is 1. The molecule has 4 heterocycles. The molecule has 4 rings (SSSR count). The number of rotatable bonds is 2. The number of thiophene rings is 1. The van der Waals surface area contributed by atoms with Crippen LogP contribution in [0.15, 0.2) is 33.6 Å². The Kier molecular flexibility index (Phi) is 3.92. The zero-order chi connectivity index (χ0) is 17.6. The second kappa shape index (κ2) is 6.00. The lowest BCUT2D eigenvalue weighted by Crippen LogP contribution is -2.64. The second-order valence-corrected chi connectivity index (χ2v) is 7.69. The Hall–Kier alpha value is -2.12. The number of hydrogen-bond donors (Lipinski definition) is 0. The third-order valence-electron chi connectivity index (χ3n) is 5.46. The van der Waals surface area contributed by atoms with Crippen LogP contribution in [0.4, 0.5) is 5.69 Å². The van der Waals surface area contributed by atoms with Gasteiger partial charge in [0.25, 0.3) is 5.91 Å². The van der Waals surface area contributed by atoms with Gasteiger partial charge in [0.15, 0.2) is 0 Å². The molecule has 7 heteroatoms. The molecular formula is C18H21N3O3S. The summed E-state index contributed by atoms with van der Waals surface area (Å²) in [5, 5.41) is 3.99. The minimum Gasteiger partial charge on any atom is -0.469 e. The van der Waals surface area contributed by atoms with E-state index >= 15 is 0 Å². The van der Waals surface area contributed by atoms with Crippen LogP contribution in [0, 0.1) is 6.92 Å². The van der Waals surface area contributed by atoms with Gasteiger partial charge in [-0.05, 0) is 37.9 Å². The predicted molar refractivity (Wildman–Crippen MR) is 96.0 cm³/mol. The van der Waals surface area contributed by atoms with Crippen LogP contribution in [0.1, 0.15) is 22.5 Å². The van der Waals surface area contributed by atoms with Crippen molar-refractivity contribution in [1.82, 2.24) is 9.80 Å². The van der Waals surface area contributed by atoms with Crippen LogP contribution < -0.4 is 4.90 Å². The molecule has 1 spiro atoms. The summed E-state index contributed by atoms with van der Waals surface area (Å²) in [5.74, 6) is 0.774. The number of amides is 2. The van der Waals surface area contributed by atoms with Gasteiger partial charge in [0.05, 0.1) is 29.6 Å². The minimum absolute atomic E-state index is 0.00973. The Morgan fingerprint density at radius 3 is 2.84 bits per heavy atom. The van der Waals surface area contributed by atoms with Crippen LogP contribution in [0.3, 0.4) is 0 Å². The molecule has 0 bridgehead atoms. The number of nitrogens with zero attached hydrogens (tertiary/aromatic N) is 3. The van der Waals surface area contributed by atoms with Crippen molar-refractivity contribution in [3.8, 4) is 0 Å². The van der Waals surface area contributed by atoms with Crippen molar-refractivity contribution in [3.63, 3.8) is 0 Å². The summed E-state index contributed by atoms with van der Waals surface area (Å²) in [6.07, 6.45) is 2.41. The number of piperazine rings is 1. The molecule has 0 saturated carbocycles. The average molecular weight is 359 g/mol. The fourth-order valence-corrected chi connectivity index (χ4v) is 4.49. The maximum Gasteiger partial charge on any atom is 0.257 e. The van der Waals surface area contributed by atoms with Gasteiger partial charge in [-0.2, -0.15) is 11.3 Å². The molecule has 0 unspecified atom stereocenters. The van der Waals surface area contributed by atoms with Gasteiger partial charge in [-0.25, -0.2) is 0 Å². The number of aryl methyl sites for hydroxylation is 1. The van der Waals surface area contributed by atoms with Crippen LogP contribution >= 0.6 is 11.3 Å². The smallest absolute Gasteiger partial charge is 0.257 e. The molecule has 2 aromatic rings. The van der Waals surface area contributed by atoms with Gasteiger partial charge in [0, 0.05) is 25.0 Å². The van der Waals surface area contributed by atoms with Gasteiger partial charge in [-0.15, -0.1) is 0 Å². The van der Waals surface area contributed by atoms with Crippen molar-refractivity contribution >= 4 is 28.8 Å². The summed E-state index contributed by atoms with van der Waals surface area (Å²) in [6, 6.07) is 3.71. The lowest BCUT2D eigenvalue weighted by Gasteiger charge is -2.46. The van der Waals surface area contributed by atoms with Gasteiger partial charge in [-0.1, -0.05) is 0 Å². The highest BCUT2D eigenvalue weighted by atomic mass is 32.1. The number of anilines is 1. The van der Waals surface area contributed by atoms with Gasteiger partial charge >= 0.3 is 0 Å². The highest BCUT2D eigenvalue weighted by Gasteiger charge is 2.49. The van der Waals surface area contributed by atoms with E-state index < -0.39 is 0 Å². The molecule has 2 aliphatic heterocycles. The fourth-order valence-electron chi connectivity index (χ4n) is 3.85. The summed E-state index contributed by atoms with van der Waals surface area (Å²) in [5.41, 5.74) is 1.39. The van der Waals surface area contributed by atoms with Crippen molar-refractivity contribution in [1.29, 1.82) is 0 Å². The molecule has 2 saturated heterocycles. The van der Waals surface area contributed by atoms with Crippen molar-refractivity contribution in [2.24, 2.45) is 0 Å². The largest absolute Gasteiger partial charge is 0.469 e. The van der Waals surface area contributed by atoms with E-state index in [1.807, 2.05) is 40.6 Å². The summed E-state index contributed by atoms with van der Waals surface area (Å²) < 4.78 is 5.27. The number of likely N-dealkylation sites (N-methyl/N-ethyl adjacent to an activating group) is 1. The first-order chi connectivity index (χ1) is 12.0. The summed E-state index contributed by atoms with van der Waals surface area (Å²) in [6.45, 7) is 4.12.